The molecule has 0 spiro atoms. The van der Waals surface area contributed by atoms with Crippen LogP contribution in [0.5, 0.6) is 5.75 Å². The quantitative estimate of drug-likeness (QED) is 0.920. The molecule has 0 bridgehead atoms. The van der Waals surface area contributed by atoms with Crippen LogP contribution in [0.4, 0.5) is 0 Å². The average molecular weight is 263 g/mol. The van der Waals surface area contributed by atoms with E-state index in [4.69, 9.17) is 9.84 Å². The number of benzene rings is 1. The highest BCUT2D eigenvalue weighted by Crippen LogP contribution is 2.31. The van der Waals surface area contributed by atoms with Gasteiger partial charge in [-0.25, -0.2) is 9.78 Å². The van der Waals surface area contributed by atoms with Crippen molar-refractivity contribution in [3.63, 3.8) is 0 Å². The second-order valence-electron chi connectivity index (χ2n) is 3.67. The maximum Gasteiger partial charge on any atom is 0.356 e. The zero-order valence-corrected chi connectivity index (χ0v) is 11.0. The lowest BCUT2D eigenvalue weighted by Gasteiger charge is -2.04. The van der Waals surface area contributed by atoms with E-state index in [2.05, 4.69) is 4.98 Å². The minimum Gasteiger partial charge on any atom is -0.494 e. The van der Waals surface area contributed by atoms with Crippen molar-refractivity contribution in [1.82, 2.24) is 4.98 Å². The molecule has 4 nitrogen and oxygen atoms in total. The van der Waals surface area contributed by atoms with Crippen LogP contribution >= 0.6 is 11.3 Å². The number of hydrogen-bond donors (Lipinski definition) is 1. The lowest BCUT2D eigenvalue weighted by atomic mass is 10.1. The summed E-state index contributed by atoms with van der Waals surface area (Å²) in [6.07, 6.45) is 0. The minimum atomic E-state index is -0.997. The van der Waals surface area contributed by atoms with E-state index < -0.39 is 5.97 Å². The van der Waals surface area contributed by atoms with Crippen LogP contribution < -0.4 is 4.74 Å². The molecular formula is C13H13NO3S. The molecule has 1 heterocycles. The third-order valence-corrected chi connectivity index (χ3v) is 3.38. The topological polar surface area (TPSA) is 59.4 Å². The number of aromatic carboxylic acids is 1. The summed E-state index contributed by atoms with van der Waals surface area (Å²) in [5, 5.41) is 9.85. The molecular weight excluding hydrogens is 250 g/mol. The molecule has 2 rings (SSSR count). The number of thiazole rings is 1. The van der Waals surface area contributed by atoms with Crippen LogP contribution in [0.3, 0.4) is 0 Å². The zero-order chi connectivity index (χ0) is 13.1. The van der Waals surface area contributed by atoms with Crippen molar-refractivity contribution in [3.8, 4) is 16.2 Å². The first-order valence-electron chi connectivity index (χ1n) is 5.55. The molecule has 1 aromatic carbocycles. The zero-order valence-electron chi connectivity index (χ0n) is 10.1. The van der Waals surface area contributed by atoms with E-state index in [9.17, 15) is 4.79 Å². The van der Waals surface area contributed by atoms with Gasteiger partial charge in [-0.15, -0.1) is 11.3 Å². The molecule has 0 radical (unpaired) electrons. The van der Waals surface area contributed by atoms with Crippen molar-refractivity contribution in [2.75, 3.05) is 6.61 Å². The van der Waals surface area contributed by atoms with Gasteiger partial charge >= 0.3 is 5.97 Å². The Morgan fingerprint density at radius 3 is 2.61 bits per heavy atom. The van der Waals surface area contributed by atoms with Gasteiger partial charge in [0, 0.05) is 0 Å². The number of hydrogen-bond acceptors (Lipinski definition) is 4. The predicted molar refractivity (Wildman–Crippen MR) is 70.4 cm³/mol. The fourth-order valence-corrected chi connectivity index (χ4v) is 2.55. The van der Waals surface area contributed by atoms with Crippen LogP contribution in [0.15, 0.2) is 24.3 Å². The molecule has 18 heavy (non-hydrogen) atoms. The molecule has 0 fully saturated rings. The third-order valence-electron chi connectivity index (χ3n) is 2.36. The molecule has 0 saturated carbocycles. The highest BCUT2D eigenvalue weighted by atomic mass is 32.1. The minimum absolute atomic E-state index is 0.113. The summed E-state index contributed by atoms with van der Waals surface area (Å²) in [5.41, 5.74) is 0.961. The first-order chi connectivity index (χ1) is 8.61. The smallest absolute Gasteiger partial charge is 0.356 e. The lowest BCUT2D eigenvalue weighted by Crippen LogP contribution is -1.98. The molecule has 2 aromatic rings. The van der Waals surface area contributed by atoms with Gasteiger partial charge in [-0.3, -0.25) is 0 Å². The molecule has 94 valence electrons. The van der Waals surface area contributed by atoms with E-state index in [1.165, 1.54) is 11.3 Å². The van der Waals surface area contributed by atoms with Crippen molar-refractivity contribution in [2.24, 2.45) is 0 Å². The van der Waals surface area contributed by atoms with Crippen LogP contribution in [-0.4, -0.2) is 22.7 Å². The highest BCUT2D eigenvalue weighted by molar-refractivity contribution is 7.15. The van der Waals surface area contributed by atoms with Gasteiger partial charge in [0.25, 0.3) is 0 Å². The molecule has 0 unspecified atom stereocenters. The maximum absolute atomic E-state index is 11.1. The van der Waals surface area contributed by atoms with Gasteiger partial charge in [0.05, 0.1) is 16.5 Å². The Kier molecular flexibility index (Phi) is 3.62. The number of rotatable bonds is 4. The number of ether oxygens (including phenoxy) is 1. The monoisotopic (exact) mass is 263 g/mol. The Bertz CT molecular complexity index is 560. The fraction of sp³-hybridized carbons (Fsp3) is 0.231. The molecule has 1 aromatic heterocycles. The van der Waals surface area contributed by atoms with Crippen LogP contribution in [0.1, 0.15) is 22.4 Å². The molecule has 1 N–H and O–H groups in total. The van der Waals surface area contributed by atoms with Gasteiger partial charge in [-0.05, 0) is 43.7 Å². The predicted octanol–water partition coefficient (Wildman–Crippen LogP) is 3.22. The van der Waals surface area contributed by atoms with Gasteiger partial charge in [0.2, 0.25) is 0 Å². The molecule has 0 aliphatic heterocycles. The van der Waals surface area contributed by atoms with Gasteiger partial charge in [0.1, 0.15) is 5.75 Å². The Hall–Kier alpha value is -1.88. The van der Waals surface area contributed by atoms with E-state index >= 15 is 0 Å². The molecule has 0 aliphatic rings. The van der Waals surface area contributed by atoms with E-state index in [0.717, 1.165) is 16.3 Å². The number of carbonyl (C=O) groups is 1. The number of nitrogens with zero attached hydrogens (tertiary/aromatic N) is 1. The summed E-state index contributed by atoms with van der Waals surface area (Å²) in [7, 11) is 0. The highest BCUT2D eigenvalue weighted by Gasteiger charge is 2.17. The largest absolute Gasteiger partial charge is 0.494 e. The van der Waals surface area contributed by atoms with Crippen molar-refractivity contribution >= 4 is 17.3 Å². The standard InChI is InChI=1S/C13H13NO3S/c1-3-17-10-6-4-9(5-7-10)12-11(13(15)16)14-8(2)18-12/h4-7H,3H2,1-2H3,(H,15,16). The van der Waals surface area contributed by atoms with Crippen molar-refractivity contribution in [3.05, 3.63) is 35.0 Å². The van der Waals surface area contributed by atoms with E-state index in [-0.39, 0.29) is 5.69 Å². The number of carboxylic acids is 1. The van der Waals surface area contributed by atoms with Gasteiger partial charge < -0.3 is 9.84 Å². The fourth-order valence-electron chi connectivity index (χ4n) is 1.64. The molecule has 0 amide bonds. The van der Waals surface area contributed by atoms with Crippen molar-refractivity contribution in [1.29, 1.82) is 0 Å². The Labute approximate surface area is 109 Å². The summed E-state index contributed by atoms with van der Waals surface area (Å²) < 4.78 is 5.35. The van der Waals surface area contributed by atoms with Crippen LogP contribution in [0.2, 0.25) is 0 Å². The summed E-state index contributed by atoms with van der Waals surface area (Å²) in [4.78, 5) is 15.8. The molecule has 0 aliphatic carbocycles. The maximum atomic E-state index is 11.1. The molecule has 0 saturated heterocycles. The average Bonchev–Trinajstić information content (AvgIpc) is 2.73. The molecule has 5 heteroatoms. The van der Waals surface area contributed by atoms with E-state index in [1.54, 1.807) is 6.92 Å². The van der Waals surface area contributed by atoms with Crippen LogP contribution in [0.25, 0.3) is 10.4 Å². The van der Waals surface area contributed by atoms with Gasteiger partial charge in [-0.1, -0.05) is 0 Å². The van der Waals surface area contributed by atoms with Crippen LogP contribution in [0, 0.1) is 6.92 Å². The van der Waals surface area contributed by atoms with Crippen molar-refractivity contribution < 1.29 is 14.6 Å². The first-order valence-corrected chi connectivity index (χ1v) is 6.37. The normalized spacial score (nSPS) is 10.3. The molecule has 0 atom stereocenters. The van der Waals surface area contributed by atoms with Gasteiger partial charge in [0.15, 0.2) is 5.69 Å². The van der Waals surface area contributed by atoms with E-state index in [1.807, 2.05) is 31.2 Å². The Morgan fingerprint density at radius 1 is 1.39 bits per heavy atom. The second kappa shape index (κ2) is 5.18. The van der Waals surface area contributed by atoms with Crippen molar-refractivity contribution in [2.45, 2.75) is 13.8 Å². The summed E-state index contributed by atoms with van der Waals surface area (Å²) in [6, 6.07) is 7.37. The Morgan fingerprint density at radius 2 is 2.06 bits per heavy atom. The number of carboxylic acid groups (broad SMARTS) is 1. The summed E-state index contributed by atoms with van der Waals surface area (Å²) >= 11 is 1.38. The summed E-state index contributed by atoms with van der Waals surface area (Å²) in [5.74, 6) is -0.220. The van der Waals surface area contributed by atoms with E-state index in [0.29, 0.717) is 11.5 Å². The lowest BCUT2D eigenvalue weighted by molar-refractivity contribution is 0.0692. The number of aromatic nitrogens is 1. The second-order valence-corrected chi connectivity index (χ2v) is 4.88. The summed E-state index contributed by atoms with van der Waals surface area (Å²) in [6.45, 7) is 4.33. The number of aryl methyl sites for hydroxylation is 1. The van der Waals surface area contributed by atoms with Gasteiger partial charge in [-0.2, -0.15) is 0 Å². The Balaban J connectivity index is 2.39. The first kappa shape index (κ1) is 12.6. The SMILES string of the molecule is CCOc1ccc(-c2sc(C)nc2C(=O)O)cc1. The van der Waals surface area contributed by atoms with Crippen LogP contribution in [-0.2, 0) is 0 Å². The third kappa shape index (κ3) is 2.51.